The van der Waals surface area contributed by atoms with E-state index in [9.17, 15) is 39.0 Å². The molecule has 5 saturated heterocycles. The first-order chi connectivity index (χ1) is 50.3. The van der Waals surface area contributed by atoms with E-state index >= 15 is 13.2 Å². The van der Waals surface area contributed by atoms with Gasteiger partial charge in [0.25, 0.3) is 5.56 Å². The number of alkyl halides is 3. The Morgan fingerprint density at radius 3 is 1.60 bits per heavy atom. The van der Waals surface area contributed by atoms with Gasteiger partial charge in [-0.15, -0.1) is 0 Å². The van der Waals surface area contributed by atoms with Crippen molar-refractivity contribution in [1.82, 2.24) is 78.3 Å². The van der Waals surface area contributed by atoms with Gasteiger partial charge in [-0.25, -0.2) is 72.4 Å². The van der Waals surface area contributed by atoms with Crippen molar-refractivity contribution in [3.05, 3.63) is 82.1 Å². The van der Waals surface area contributed by atoms with Crippen LogP contribution in [0.4, 0.5) is 30.6 Å². The number of aryl methyl sites for hydroxylation is 1. The third kappa shape index (κ3) is 15.7. The number of aliphatic hydroxyl groups excluding tert-OH is 2. The number of aromatic amines is 1. The molecule has 576 valence electrons. The van der Waals surface area contributed by atoms with Gasteiger partial charge in [0.05, 0.1) is 64.8 Å². The molecule has 0 amide bonds. The lowest BCUT2D eigenvalue weighted by molar-refractivity contribution is -0.0731. The highest BCUT2D eigenvalue weighted by Crippen LogP contribution is 2.59. The fourth-order valence-corrected chi connectivity index (χ4v) is 18.5. The number of nitrogen functional groups attached to an aromatic ring is 3. The number of amidine groups is 1. The van der Waals surface area contributed by atoms with Crippen molar-refractivity contribution in [3.63, 3.8) is 0 Å². The van der Waals surface area contributed by atoms with Crippen LogP contribution in [0.15, 0.2) is 75.3 Å². The van der Waals surface area contributed by atoms with Crippen LogP contribution in [0, 0.1) is 12.8 Å². The zero-order valence-corrected chi connectivity index (χ0v) is 61.9. The molecule has 54 heteroatoms. The van der Waals surface area contributed by atoms with Crippen LogP contribution in [0.5, 0.6) is 0 Å². The summed E-state index contributed by atoms with van der Waals surface area (Å²) >= 11 is 20.6. The number of nitrogens with two attached hydrogens (primary N) is 4. The average Bonchev–Trinajstić information content (AvgIpc) is 1.63. The van der Waals surface area contributed by atoms with Gasteiger partial charge in [0.1, 0.15) is 114 Å². The van der Waals surface area contributed by atoms with E-state index in [0.717, 1.165) is 39.0 Å². The number of H-pyrrole nitrogens is 1. The summed E-state index contributed by atoms with van der Waals surface area (Å²) < 4.78 is 148. The van der Waals surface area contributed by atoms with E-state index in [1.54, 1.807) is 6.92 Å². The molecule has 4 unspecified atom stereocenters. The first-order valence-corrected chi connectivity index (χ1v) is 41.9. The number of aromatic nitrogens is 14. The van der Waals surface area contributed by atoms with Gasteiger partial charge in [-0.05, 0) is 49.1 Å². The summed E-state index contributed by atoms with van der Waals surface area (Å²) in [6.45, 7) is -17.0. The lowest BCUT2D eigenvalue weighted by Crippen LogP contribution is -2.42. The number of nitrogens with zero attached hydrogens (tertiary/aromatic N) is 16. The normalized spacial score (nSPS) is 32.3. The largest absolute Gasteiger partial charge is 0.394 e. The predicted octanol–water partition coefficient (Wildman–Crippen LogP) is -0.166. The molecule has 7 aromatic rings. The minimum Gasteiger partial charge on any atom is -0.394 e. The first kappa shape index (κ1) is 77.9. The second-order valence-corrected chi connectivity index (χ2v) is 35.6. The van der Waals surface area contributed by atoms with Gasteiger partial charge in [0.15, 0.2) is 77.4 Å². The molecule has 23 atom stereocenters. The molecule has 7 aromatic heterocycles. The summed E-state index contributed by atoms with van der Waals surface area (Å²) in [4.78, 5) is 108. The number of halogens is 3. The Kier molecular flexibility index (Phi) is 22.7. The van der Waals surface area contributed by atoms with Crippen LogP contribution in [-0.4, -0.2) is 243 Å². The van der Waals surface area contributed by atoms with Crippen LogP contribution in [0.1, 0.15) is 43.8 Å². The molecule has 0 saturated carbocycles. The zero-order chi connectivity index (χ0) is 75.8. The Morgan fingerprint density at radius 1 is 0.660 bits per heavy atom. The molecular formula is C52H67F3N22O21P4S4. The highest BCUT2D eigenvalue weighted by atomic mass is 32.7. The van der Waals surface area contributed by atoms with Crippen molar-refractivity contribution in [2.75, 3.05) is 64.0 Å². The summed E-state index contributed by atoms with van der Waals surface area (Å²) in [5.41, 5.74) is 23.6. The van der Waals surface area contributed by atoms with Crippen LogP contribution in [0.25, 0.3) is 33.5 Å². The van der Waals surface area contributed by atoms with Crippen LogP contribution >= 0.6 is 39.2 Å². The number of hydrogen-bond donors (Lipinski definition) is 12. The first-order valence-electron chi connectivity index (χ1n) is 31.5. The van der Waals surface area contributed by atoms with Crippen LogP contribution in [-0.2, 0) is 99.9 Å². The highest BCUT2D eigenvalue weighted by Gasteiger charge is 2.57. The van der Waals surface area contributed by atoms with Crippen molar-refractivity contribution in [1.29, 1.82) is 0 Å². The number of thiol groups is 1. The van der Waals surface area contributed by atoms with Crippen molar-refractivity contribution >= 4 is 138 Å². The molecule has 106 heavy (non-hydrogen) atoms. The summed E-state index contributed by atoms with van der Waals surface area (Å²) in [5.74, 6) is -1.15. The second kappa shape index (κ2) is 30.9. The van der Waals surface area contributed by atoms with E-state index in [2.05, 4.69) is 84.1 Å². The number of hydrogen-bond acceptors (Lipinski definition) is 37. The molecule has 0 aromatic carbocycles. The third-order valence-corrected chi connectivity index (χ3v) is 24.1. The Bertz CT molecular complexity index is 4890. The number of aliphatic imine (C=N–C) groups is 2. The third-order valence-electron chi connectivity index (χ3n) is 17.8. The summed E-state index contributed by atoms with van der Waals surface area (Å²) in [6, 6.07) is 0. The number of rotatable bonds is 28. The van der Waals surface area contributed by atoms with Gasteiger partial charge < -0.3 is 99.8 Å². The van der Waals surface area contributed by atoms with E-state index in [0.29, 0.717) is 0 Å². The number of imidazole rings is 3. The maximum absolute atomic E-state index is 17.6. The maximum atomic E-state index is 17.6. The van der Waals surface area contributed by atoms with Crippen LogP contribution in [0.3, 0.4) is 0 Å². The number of ether oxygens (including phenoxy) is 5. The van der Waals surface area contributed by atoms with Gasteiger partial charge in [-0.2, -0.15) is 0 Å². The number of aliphatic hydroxyl groups is 2. The fourth-order valence-electron chi connectivity index (χ4n) is 12.6. The van der Waals surface area contributed by atoms with E-state index < -0.39 is 188 Å². The molecule has 0 aliphatic carbocycles. The van der Waals surface area contributed by atoms with Gasteiger partial charge >= 0.3 is 32.6 Å². The Labute approximate surface area is 614 Å². The lowest BCUT2D eigenvalue weighted by Gasteiger charge is -2.29. The molecule has 6 aliphatic heterocycles. The standard InChI is InChI=1S/C52H67F3N22O21P4S4/c1-19-6-73(52(81)72-47(19)80)27-5-21(79)23(90-27)8-86-99(82,103)95-35-20(2)48(75-16-69-32-40(57)62-12-65-44(32)75)92-24(35)9-87-101(84,105)98-38-26(94-51(30(38)55)77-18-71-34-42(59)64-14-67-46(34)77)11-89-102(85,106)97-37-25(93-49(29(37)54)74-15-68-31(39(56)60-3)43(74)61-4)10-88-100(83,104)96-36-22(7-78)91-50(28(36)53)76-17-70-33-41(58)63-13-66-45(33)76/h6,12-14,16-18,20-30,35-38,48-51,68,78-79H,4-5,7-11,15H2,1-3H3,(H2,56,60)(H,82,103)(H,83,104)(H,84,105)(H,85,106)(H2,57,62,65)(H2,58,63,66)(H2,59,64,67)(H,72,80,81)/t20-,21+,22-,23-,24-,25-,26-,27-,28-,29-,30-,35+,36-,37-,38-,48-,49-,50-,51-,99?,100?,101?,102?/m1/s1. The topological polar surface area (TPSA) is 568 Å². The minimum absolute atomic E-state index is 0.00480. The highest BCUT2D eigenvalue weighted by molar-refractivity contribution is 8.44. The number of fused-ring (bicyclic) bond motifs is 3. The monoisotopic (exact) mass is 1640 g/mol. The molecule has 43 nitrogen and oxygen atoms in total. The van der Waals surface area contributed by atoms with Crippen molar-refractivity contribution in [2.45, 2.75) is 131 Å². The second-order valence-electron chi connectivity index (χ2n) is 24.4. The van der Waals surface area contributed by atoms with Gasteiger partial charge in [0, 0.05) is 31.1 Å². The van der Waals surface area contributed by atoms with E-state index in [1.807, 2.05) is 0 Å². The lowest BCUT2D eigenvalue weighted by atomic mass is 10.0. The quantitative estimate of drug-likeness (QED) is 0.0131. The van der Waals surface area contributed by atoms with Crippen molar-refractivity contribution < 1.29 is 103 Å². The Balaban J connectivity index is 0.730. The van der Waals surface area contributed by atoms with Gasteiger partial charge in [0.2, 0.25) is 0 Å². The zero-order valence-electron chi connectivity index (χ0n) is 55.0. The molecule has 13 rings (SSSR count). The Morgan fingerprint density at radius 2 is 1.09 bits per heavy atom. The minimum atomic E-state index is -5.09. The van der Waals surface area contributed by atoms with Crippen molar-refractivity contribution in [2.24, 2.45) is 21.6 Å². The van der Waals surface area contributed by atoms with E-state index in [-0.39, 0.29) is 87.0 Å². The molecule has 6 aliphatic rings. The molecule has 0 radical (unpaired) electrons. The molecule has 13 heterocycles. The van der Waals surface area contributed by atoms with Gasteiger partial charge in [-0.3, -0.25) is 51.1 Å². The van der Waals surface area contributed by atoms with Crippen LogP contribution < -0.4 is 39.5 Å². The molecule has 15 N–H and O–H groups in total. The van der Waals surface area contributed by atoms with Crippen molar-refractivity contribution in [3.8, 4) is 0 Å². The summed E-state index contributed by atoms with van der Waals surface area (Å²) in [7, 11) is 1.37. The fraction of sp³-hybridized carbons (Fsp3) is 0.558. The summed E-state index contributed by atoms with van der Waals surface area (Å²) in [5, 5.41) is 24.2. The number of anilines is 3. The smallest absolute Gasteiger partial charge is 0.386 e. The summed E-state index contributed by atoms with van der Waals surface area (Å²) in [6.07, 6.45) is -22.6. The molecule has 5 fully saturated rings. The van der Waals surface area contributed by atoms with E-state index in [4.69, 9.17) is 118 Å². The molecule has 0 bridgehead atoms. The predicted molar refractivity (Wildman–Crippen MR) is 374 cm³/mol. The average molecular weight is 1650 g/mol. The Hall–Kier alpha value is -6.19. The van der Waals surface area contributed by atoms with Crippen LogP contribution in [0.2, 0.25) is 0 Å². The van der Waals surface area contributed by atoms with Gasteiger partial charge in [-0.1, -0.05) is 19.2 Å². The number of nitrogens with one attached hydrogen (secondary N) is 2. The maximum Gasteiger partial charge on any atom is 0.386 e. The molecular weight excluding hydrogens is 1580 g/mol. The SMILES string of the molecule is C=NC1=C(C(N)=NC)NCN1[C@@H]1O[C@H](COP(O)(=S)O[C@H]2[C@@H](F)[C@H](n3cnc4c(N)ncnc43)O[C@@H]2CO)[C@@H](OP(=O)(S)OC[C@H]2O[C@@H](n3cnc4c(N)ncnc43)[C@H](F)[C@@H]2OP(O)(=S)OC[C@H]2O[C@@H](n3cnc4c(N)ncnc43)[C@H](C)[C@@H]2OP(O)(=S)OC[C@H]2O[C@@H](n3cc(C)c(=O)[nH]c3=O)C[C@@H]2O)[C@H]1F. The molecule has 0 spiro atoms. The van der Waals surface area contributed by atoms with E-state index in [1.165, 1.54) is 42.3 Å².